The molecule has 1 aliphatic rings. The highest BCUT2D eigenvalue weighted by atomic mass is 19.1. The van der Waals surface area contributed by atoms with E-state index in [1.807, 2.05) is 24.9 Å². The first-order valence-electron chi connectivity index (χ1n) is 12.1. The molecule has 1 aliphatic carbocycles. The lowest BCUT2D eigenvalue weighted by molar-refractivity contribution is 0.0793. The number of hydrogen-bond donors (Lipinski definition) is 1. The summed E-state index contributed by atoms with van der Waals surface area (Å²) in [4.78, 5) is 13.2. The average Bonchev–Trinajstić information content (AvgIpc) is 3.13. The van der Waals surface area contributed by atoms with Crippen LogP contribution in [0.3, 0.4) is 0 Å². The van der Waals surface area contributed by atoms with E-state index in [1.54, 1.807) is 13.2 Å². The molecule has 0 aliphatic heterocycles. The zero-order chi connectivity index (χ0) is 23.1. The van der Waals surface area contributed by atoms with Gasteiger partial charge < -0.3 is 9.30 Å². The number of ether oxygens (including phenoxy) is 1. The maximum absolute atomic E-state index is 14.2. The molecule has 0 unspecified atom stereocenters. The molecular formula is C26H38FN3O2. The largest absolute Gasteiger partial charge is 0.496 e. The molecule has 3 rings (SSSR count). The molecule has 32 heavy (non-hydrogen) atoms. The molecule has 0 atom stereocenters. The lowest BCUT2D eigenvalue weighted by atomic mass is 9.89. The smallest absolute Gasteiger partial charge is 0.267 e. The molecule has 6 heteroatoms. The number of methoxy groups -OCH3 is 1. The summed E-state index contributed by atoms with van der Waals surface area (Å²) >= 11 is 0. The van der Waals surface area contributed by atoms with Crippen LogP contribution >= 0.6 is 0 Å². The second-order valence-corrected chi connectivity index (χ2v) is 8.86. The first-order chi connectivity index (χ1) is 15.5. The Morgan fingerprint density at radius 3 is 2.62 bits per heavy atom. The van der Waals surface area contributed by atoms with E-state index in [0.717, 1.165) is 43.9 Å². The van der Waals surface area contributed by atoms with Crippen molar-refractivity contribution in [2.24, 2.45) is 5.92 Å². The molecule has 0 spiro atoms. The number of aromatic nitrogens is 1. The SMILES string of the molecule is CCCCN(CC)NC(=O)c1cc(-c2cc(F)ccc2OC)n(CC2CCCCC2)c1C. The summed E-state index contributed by atoms with van der Waals surface area (Å²) in [5.74, 6) is 0.755. The number of benzene rings is 1. The number of hydrazine groups is 1. The number of carbonyl (C=O) groups excluding carboxylic acids is 1. The first-order valence-corrected chi connectivity index (χ1v) is 12.1. The van der Waals surface area contributed by atoms with Crippen LogP contribution in [-0.2, 0) is 6.54 Å². The number of unbranched alkanes of at least 4 members (excludes halogenated alkanes) is 1. The Bertz CT molecular complexity index is 903. The van der Waals surface area contributed by atoms with E-state index in [-0.39, 0.29) is 11.7 Å². The van der Waals surface area contributed by atoms with Crippen LogP contribution in [0.25, 0.3) is 11.3 Å². The van der Waals surface area contributed by atoms with E-state index >= 15 is 0 Å². The summed E-state index contributed by atoms with van der Waals surface area (Å²) in [6, 6.07) is 6.47. The minimum atomic E-state index is -0.313. The molecule has 0 radical (unpaired) electrons. The lowest BCUT2D eigenvalue weighted by Gasteiger charge is -2.25. The number of hydrogen-bond acceptors (Lipinski definition) is 3. The van der Waals surface area contributed by atoms with Crippen LogP contribution in [0, 0.1) is 18.7 Å². The third-order valence-corrected chi connectivity index (χ3v) is 6.64. The Balaban J connectivity index is 1.99. The van der Waals surface area contributed by atoms with E-state index in [9.17, 15) is 9.18 Å². The van der Waals surface area contributed by atoms with Gasteiger partial charge in [0.1, 0.15) is 11.6 Å². The summed E-state index contributed by atoms with van der Waals surface area (Å²) in [6.45, 7) is 8.59. The molecule has 1 aromatic carbocycles. The van der Waals surface area contributed by atoms with Gasteiger partial charge in [-0.15, -0.1) is 0 Å². The number of nitrogens with zero attached hydrogens (tertiary/aromatic N) is 2. The van der Waals surface area contributed by atoms with Crippen molar-refractivity contribution in [3.8, 4) is 17.0 Å². The van der Waals surface area contributed by atoms with Crippen molar-refractivity contribution in [3.63, 3.8) is 0 Å². The Kier molecular flexibility index (Phi) is 8.74. The number of rotatable bonds is 10. The molecule has 0 bridgehead atoms. The lowest BCUT2D eigenvalue weighted by Crippen LogP contribution is -2.42. The number of carbonyl (C=O) groups is 1. The minimum absolute atomic E-state index is 0.112. The van der Waals surface area contributed by atoms with E-state index in [1.165, 1.54) is 44.2 Å². The maximum atomic E-state index is 14.2. The quantitative estimate of drug-likeness (QED) is 0.461. The average molecular weight is 444 g/mol. The summed E-state index contributed by atoms with van der Waals surface area (Å²) in [5, 5.41) is 1.96. The van der Waals surface area contributed by atoms with Gasteiger partial charge in [-0.05, 0) is 56.4 Å². The van der Waals surface area contributed by atoms with Crippen LogP contribution in [0.15, 0.2) is 24.3 Å². The fourth-order valence-electron chi connectivity index (χ4n) is 4.69. The second kappa shape index (κ2) is 11.5. The molecular weight excluding hydrogens is 405 g/mol. The zero-order valence-electron chi connectivity index (χ0n) is 20.0. The third-order valence-electron chi connectivity index (χ3n) is 6.64. The monoisotopic (exact) mass is 443 g/mol. The Morgan fingerprint density at radius 1 is 1.22 bits per heavy atom. The van der Waals surface area contributed by atoms with Crippen LogP contribution in [0.5, 0.6) is 5.75 Å². The van der Waals surface area contributed by atoms with Crippen LogP contribution < -0.4 is 10.2 Å². The van der Waals surface area contributed by atoms with Gasteiger partial charge in [0.15, 0.2) is 0 Å². The number of amides is 1. The van der Waals surface area contributed by atoms with E-state index < -0.39 is 0 Å². The standard InChI is InChI=1S/C26H38FN3O2/c1-5-7-15-29(6-2)28-26(31)22-17-24(23-16-21(27)13-14-25(23)32-4)30(19(22)3)18-20-11-9-8-10-12-20/h13-14,16-17,20H,5-12,15,18H2,1-4H3,(H,28,31). The van der Waals surface area contributed by atoms with Crippen molar-refractivity contribution in [1.29, 1.82) is 0 Å². The normalized spacial score (nSPS) is 14.7. The second-order valence-electron chi connectivity index (χ2n) is 8.86. The van der Waals surface area contributed by atoms with Gasteiger partial charge in [-0.2, -0.15) is 0 Å². The van der Waals surface area contributed by atoms with Crippen molar-refractivity contribution in [2.45, 2.75) is 72.3 Å². The number of halogens is 1. The topological polar surface area (TPSA) is 46.5 Å². The summed E-state index contributed by atoms with van der Waals surface area (Å²) in [5.41, 5.74) is 6.15. The van der Waals surface area contributed by atoms with Gasteiger partial charge >= 0.3 is 0 Å². The molecule has 0 saturated heterocycles. The van der Waals surface area contributed by atoms with Gasteiger partial charge in [-0.25, -0.2) is 9.40 Å². The highest BCUT2D eigenvalue weighted by molar-refractivity contribution is 5.97. The molecule has 1 heterocycles. The highest BCUT2D eigenvalue weighted by Gasteiger charge is 2.24. The van der Waals surface area contributed by atoms with Gasteiger partial charge in [-0.1, -0.05) is 39.5 Å². The third kappa shape index (κ3) is 5.71. The molecule has 1 fully saturated rings. The Morgan fingerprint density at radius 2 is 1.97 bits per heavy atom. The fraction of sp³-hybridized carbons (Fsp3) is 0.577. The summed E-state index contributed by atoms with van der Waals surface area (Å²) in [6.07, 6.45) is 8.29. The van der Waals surface area contributed by atoms with Crippen molar-refractivity contribution < 1.29 is 13.9 Å². The Labute approximate surface area is 191 Å². The summed E-state index contributed by atoms with van der Waals surface area (Å²) in [7, 11) is 1.60. The minimum Gasteiger partial charge on any atom is -0.496 e. The van der Waals surface area contributed by atoms with Crippen LogP contribution in [-0.4, -0.2) is 35.7 Å². The van der Waals surface area contributed by atoms with Crippen molar-refractivity contribution in [3.05, 3.63) is 41.3 Å². The Hall–Kier alpha value is -2.34. The van der Waals surface area contributed by atoms with Crippen molar-refractivity contribution in [2.75, 3.05) is 20.2 Å². The van der Waals surface area contributed by atoms with Crippen molar-refractivity contribution >= 4 is 5.91 Å². The van der Waals surface area contributed by atoms with Crippen LogP contribution in [0.1, 0.15) is 74.8 Å². The van der Waals surface area contributed by atoms with Crippen molar-refractivity contribution in [1.82, 2.24) is 15.0 Å². The molecule has 1 amide bonds. The predicted octanol–water partition coefficient (Wildman–Crippen LogP) is 5.96. The molecule has 1 N–H and O–H groups in total. The van der Waals surface area contributed by atoms with Crippen LogP contribution in [0.2, 0.25) is 0 Å². The fourth-order valence-corrected chi connectivity index (χ4v) is 4.69. The molecule has 5 nitrogen and oxygen atoms in total. The van der Waals surface area contributed by atoms with E-state index in [2.05, 4.69) is 16.9 Å². The molecule has 2 aromatic rings. The van der Waals surface area contributed by atoms with Gasteiger partial charge in [-0.3, -0.25) is 10.2 Å². The highest BCUT2D eigenvalue weighted by Crippen LogP contribution is 2.36. The first kappa shape index (κ1) is 24.3. The van der Waals surface area contributed by atoms with Gasteiger partial charge in [0.2, 0.25) is 0 Å². The van der Waals surface area contributed by atoms with E-state index in [0.29, 0.717) is 22.8 Å². The maximum Gasteiger partial charge on any atom is 0.267 e. The van der Waals surface area contributed by atoms with E-state index in [4.69, 9.17) is 4.74 Å². The predicted molar refractivity (Wildman–Crippen MR) is 127 cm³/mol. The molecule has 1 saturated carbocycles. The molecule has 176 valence electrons. The van der Waals surface area contributed by atoms with Gasteiger partial charge in [0.05, 0.1) is 18.4 Å². The van der Waals surface area contributed by atoms with Gasteiger partial charge in [0.25, 0.3) is 5.91 Å². The number of nitrogens with one attached hydrogen (secondary N) is 1. The van der Waals surface area contributed by atoms with Gasteiger partial charge in [0, 0.05) is 30.9 Å². The molecule has 1 aromatic heterocycles. The zero-order valence-corrected chi connectivity index (χ0v) is 20.0. The summed E-state index contributed by atoms with van der Waals surface area (Å²) < 4.78 is 22.0. The van der Waals surface area contributed by atoms with Crippen LogP contribution in [0.4, 0.5) is 4.39 Å².